The molecule has 0 atom stereocenters. The van der Waals surface area contributed by atoms with Crippen LogP contribution in [0.15, 0.2) is 30.3 Å². The minimum atomic E-state index is 0. The Balaban J connectivity index is 0.000000640. The van der Waals surface area contributed by atoms with Gasteiger partial charge in [-0.1, -0.05) is 0 Å². The summed E-state index contributed by atoms with van der Waals surface area (Å²) in [6.07, 6.45) is 0. The fourth-order valence-electron chi connectivity index (χ4n) is 0.714. The first kappa shape index (κ1) is 10.1. The molecule has 9 heavy (non-hydrogen) atoms. The van der Waals surface area contributed by atoms with Crippen LogP contribution in [-0.2, 0) is 0.515 Å². The van der Waals surface area contributed by atoms with E-state index in [1.54, 1.807) is 0 Å². The van der Waals surface area contributed by atoms with Gasteiger partial charge in [0.05, 0.1) is 0 Å². The van der Waals surface area contributed by atoms with E-state index in [9.17, 15) is 0 Å². The van der Waals surface area contributed by atoms with Gasteiger partial charge in [0.25, 0.3) is 0 Å². The van der Waals surface area contributed by atoms with Gasteiger partial charge in [0.15, 0.2) is 0 Å². The molecule has 0 aliphatic rings. The van der Waals surface area contributed by atoms with Crippen molar-refractivity contribution in [1.29, 1.82) is 0 Å². The van der Waals surface area contributed by atoms with Gasteiger partial charge in [0, 0.05) is 0 Å². The molecule has 0 heterocycles. The second-order valence-corrected chi connectivity index (χ2v) is 2.94. The van der Waals surface area contributed by atoms with Crippen LogP contribution in [0.25, 0.3) is 0 Å². The molecule has 0 unspecified atom stereocenters. The zero-order valence-electron chi connectivity index (χ0n) is 5.50. The van der Waals surface area contributed by atoms with Gasteiger partial charge in [-0.05, 0) is 0 Å². The van der Waals surface area contributed by atoms with Crippen molar-refractivity contribution in [1.82, 2.24) is 0 Å². The van der Waals surface area contributed by atoms with Crippen molar-refractivity contribution in [2.45, 2.75) is 0.515 Å². The van der Waals surface area contributed by atoms with Crippen molar-refractivity contribution in [3.63, 3.8) is 0 Å². The molecule has 0 radical (unpaired) electrons. The second kappa shape index (κ2) is 5.90. The number of rotatable bonds is 1. The number of benzene rings is 1. The van der Waals surface area contributed by atoms with Crippen LogP contribution in [0, 0.1) is 0 Å². The van der Waals surface area contributed by atoms with E-state index >= 15 is 0 Å². The summed E-state index contributed by atoms with van der Waals surface area (Å²) in [6, 6.07) is 10.6. The molecular formula is C7H8ClK. The Bertz CT molecular complexity index is 150. The van der Waals surface area contributed by atoms with Crippen LogP contribution >= 0.6 is 12.4 Å². The molecule has 0 fully saturated rings. The van der Waals surface area contributed by atoms with Crippen LogP contribution in [0.4, 0.5) is 0 Å². The Morgan fingerprint density at radius 2 is 1.67 bits per heavy atom. The van der Waals surface area contributed by atoms with Crippen LogP contribution in [0.2, 0.25) is 0 Å². The van der Waals surface area contributed by atoms with E-state index in [-0.39, 0.29) is 12.4 Å². The second-order valence-electron chi connectivity index (χ2n) is 1.84. The van der Waals surface area contributed by atoms with Crippen molar-refractivity contribution < 1.29 is 0 Å². The molecule has 0 saturated heterocycles. The number of halogens is 1. The van der Waals surface area contributed by atoms with Crippen molar-refractivity contribution >= 4 is 61.4 Å². The van der Waals surface area contributed by atoms with E-state index in [1.807, 2.05) is 0 Å². The molecule has 44 valence electrons. The predicted octanol–water partition coefficient (Wildman–Crippen LogP) is 1.78. The fourth-order valence-corrected chi connectivity index (χ4v) is 1.45. The van der Waals surface area contributed by atoms with Gasteiger partial charge in [-0.15, -0.1) is 12.4 Å². The Kier molecular flexibility index (Phi) is 6.65. The zero-order chi connectivity index (χ0) is 5.82. The summed E-state index contributed by atoms with van der Waals surface area (Å²) in [4.78, 5) is 0. The third-order valence-electron chi connectivity index (χ3n) is 1.25. The van der Waals surface area contributed by atoms with Gasteiger partial charge < -0.3 is 0 Å². The van der Waals surface area contributed by atoms with Crippen molar-refractivity contribution in [3.05, 3.63) is 35.9 Å². The van der Waals surface area contributed by atoms with Crippen LogP contribution in [-0.4, -0.2) is 49.0 Å². The average molecular weight is 167 g/mol. The van der Waals surface area contributed by atoms with Gasteiger partial charge in [-0.2, -0.15) is 0 Å². The topological polar surface area (TPSA) is 0 Å². The van der Waals surface area contributed by atoms with Gasteiger partial charge in [-0.25, -0.2) is 0 Å². The third-order valence-corrected chi connectivity index (χ3v) is 2.53. The van der Waals surface area contributed by atoms with Crippen LogP contribution in [0.1, 0.15) is 5.56 Å². The first-order chi connectivity index (χ1) is 3.93. The van der Waals surface area contributed by atoms with Gasteiger partial charge in [-0.3, -0.25) is 0 Å². The van der Waals surface area contributed by atoms with Crippen molar-refractivity contribution in [2.75, 3.05) is 0 Å². The molecule has 0 aromatic heterocycles. The maximum atomic E-state index is 2.19. The summed E-state index contributed by atoms with van der Waals surface area (Å²) in [5.41, 5.74) is 1.49. The Morgan fingerprint density at radius 3 is 2.00 bits per heavy atom. The van der Waals surface area contributed by atoms with E-state index in [4.69, 9.17) is 0 Å². The molecule has 0 N–H and O–H groups in total. The molecular weight excluding hydrogens is 159 g/mol. The molecule has 1 aromatic rings. The molecule has 0 spiro atoms. The summed E-state index contributed by atoms with van der Waals surface area (Å²) >= 11 is 0.967. The van der Waals surface area contributed by atoms with Crippen LogP contribution in [0.3, 0.4) is 0 Å². The molecule has 0 aliphatic heterocycles. The Labute approximate surface area is 96.0 Å². The quantitative estimate of drug-likeness (QED) is 0.558. The van der Waals surface area contributed by atoms with E-state index in [0.717, 1.165) is 49.0 Å². The van der Waals surface area contributed by atoms with E-state index in [2.05, 4.69) is 30.3 Å². The van der Waals surface area contributed by atoms with E-state index < -0.39 is 0 Å². The van der Waals surface area contributed by atoms with Gasteiger partial charge in [0.2, 0.25) is 0 Å². The maximum absolute atomic E-state index is 2.19. The molecule has 0 bridgehead atoms. The summed E-state index contributed by atoms with van der Waals surface area (Å²) in [5.74, 6) is 0. The number of hydrogen-bond donors (Lipinski definition) is 0. The first-order valence-electron chi connectivity index (χ1n) is 2.97. The van der Waals surface area contributed by atoms with Crippen LogP contribution < -0.4 is 0 Å². The van der Waals surface area contributed by atoms with Crippen molar-refractivity contribution in [2.24, 2.45) is 0 Å². The summed E-state index contributed by atoms with van der Waals surface area (Å²) in [6.45, 7) is 0. The Hall–Kier alpha value is 1.15. The molecule has 2 heteroatoms. The standard InChI is InChI=1S/C7H7.ClH.K/c1-7-5-3-2-4-6-7;;/h2-6H,1H2;1H;. The van der Waals surface area contributed by atoms with Crippen molar-refractivity contribution in [3.8, 4) is 0 Å². The predicted molar refractivity (Wildman–Crippen MR) is 43.1 cm³/mol. The molecule has 0 saturated carbocycles. The summed E-state index contributed by atoms with van der Waals surface area (Å²) < 4.78 is 1.33. The van der Waals surface area contributed by atoms with Gasteiger partial charge in [0.1, 0.15) is 0 Å². The fraction of sp³-hybridized carbons (Fsp3) is 0.143. The monoisotopic (exact) mass is 166 g/mol. The molecule has 0 amide bonds. The summed E-state index contributed by atoms with van der Waals surface area (Å²) in [7, 11) is 0. The van der Waals surface area contributed by atoms with E-state index in [0.29, 0.717) is 0 Å². The number of hydrogen-bond acceptors (Lipinski definition) is 0. The minimum absolute atomic E-state index is 0. The molecule has 1 rings (SSSR count). The first-order valence-corrected chi connectivity index (χ1v) is 5.18. The molecule has 0 aliphatic carbocycles. The van der Waals surface area contributed by atoms with Crippen LogP contribution in [0.5, 0.6) is 0 Å². The van der Waals surface area contributed by atoms with E-state index in [1.165, 1.54) is 6.08 Å². The zero-order valence-corrected chi connectivity index (χ0v) is 9.44. The normalized spacial score (nSPS) is 8.22. The average Bonchev–Trinajstić information content (AvgIpc) is 1.90. The molecule has 1 aromatic carbocycles. The SMILES string of the molecule is Cl.[K][CH2]c1ccccc1. The summed E-state index contributed by atoms with van der Waals surface area (Å²) in [5, 5.41) is 0. The Morgan fingerprint density at radius 1 is 1.11 bits per heavy atom. The molecule has 0 nitrogen and oxygen atoms in total. The third kappa shape index (κ3) is 3.76. The van der Waals surface area contributed by atoms with Gasteiger partial charge >= 0.3 is 85.4 Å².